The van der Waals surface area contributed by atoms with Gasteiger partial charge in [0, 0.05) is 50.9 Å². The van der Waals surface area contributed by atoms with Crippen molar-refractivity contribution in [3.63, 3.8) is 0 Å². The summed E-state index contributed by atoms with van der Waals surface area (Å²) < 4.78 is 23.3. The molecular formula is C29H33N3O4. The summed E-state index contributed by atoms with van der Waals surface area (Å²) in [6.07, 6.45) is 0.0609. The smallest absolute Gasteiger partial charge is 0.164 e. The molecule has 0 spiro atoms. The van der Waals surface area contributed by atoms with E-state index in [1.165, 1.54) is 16.3 Å². The number of piperazine rings is 1. The first-order valence-corrected chi connectivity index (χ1v) is 12.7. The lowest BCUT2D eigenvalue weighted by Crippen LogP contribution is -2.52. The normalized spacial score (nSPS) is 22.3. The highest BCUT2D eigenvalue weighted by Gasteiger charge is 2.38. The van der Waals surface area contributed by atoms with Gasteiger partial charge >= 0.3 is 0 Å². The number of fused-ring (bicyclic) bond motifs is 4. The van der Waals surface area contributed by atoms with E-state index < -0.39 is 0 Å². The summed E-state index contributed by atoms with van der Waals surface area (Å²) >= 11 is 0. The van der Waals surface area contributed by atoms with Gasteiger partial charge in [0.2, 0.25) is 0 Å². The number of hydrogen-bond donors (Lipinski definition) is 0. The van der Waals surface area contributed by atoms with Crippen molar-refractivity contribution in [2.45, 2.75) is 12.6 Å². The molecule has 3 aromatic carbocycles. The van der Waals surface area contributed by atoms with Gasteiger partial charge in [-0.2, -0.15) is 0 Å². The molecule has 3 aromatic rings. The molecule has 7 heteroatoms. The summed E-state index contributed by atoms with van der Waals surface area (Å²) in [5.74, 6) is 2.26. The topological polar surface area (TPSA) is 55.8 Å². The zero-order valence-electron chi connectivity index (χ0n) is 21.0. The molecule has 0 amide bonds. The first-order valence-electron chi connectivity index (χ1n) is 12.7. The minimum Gasteiger partial charge on any atom is -0.493 e. The van der Waals surface area contributed by atoms with Crippen LogP contribution in [0.2, 0.25) is 0 Å². The monoisotopic (exact) mass is 487 g/mol. The van der Waals surface area contributed by atoms with E-state index in [2.05, 4.69) is 52.3 Å². The predicted octanol–water partition coefficient (Wildman–Crippen LogP) is 3.83. The van der Waals surface area contributed by atoms with Crippen molar-refractivity contribution in [3.8, 4) is 17.2 Å². The maximum atomic E-state index is 6.15. The van der Waals surface area contributed by atoms with Crippen LogP contribution in [0.4, 0.5) is 0 Å². The number of nitrogens with zero attached hydrogens (tertiary/aromatic N) is 3. The first kappa shape index (κ1) is 23.3. The van der Waals surface area contributed by atoms with E-state index >= 15 is 0 Å². The molecule has 36 heavy (non-hydrogen) atoms. The second kappa shape index (κ2) is 10.1. The Balaban J connectivity index is 1.08. The lowest BCUT2D eigenvalue weighted by Gasteiger charge is -2.40. The Bertz CT molecular complexity index is 1270. The minimum atomic E-state index is 0.0609. The zero-order valence-corrected chi connectivity index (χ0v) is 21.0. The van der Waals surface area contributed by atoms with E-state index in [1.54, 1.807) is 14.2 Å². The Morgan fingerprint density at radius 3 is 2.44 bits per heavy atom. The van der Waals surface area contributed by atoms with Gasteiger partial charge in [-0.15, -0.1) is 0 Å². The lowest BCUT2D eigenvalue weighted by molar-refractivity contribution is -0.0207. The minimum absolute atomic E-state index is 0.0609. The SMILES string of the molecule is COc1cc2c(cc1OC)C1=NCOC(CN3CCN(Cc4ccc5ccccc5c4)CC3)C1CO2. The molecule has 2 unspecified atom stereocenters. The Morgan fingerprint density at radius 2 is 1.64 bits per heavy atom. The molecule has 1 saturated heterocycles. The van der Waals surface area contributed by atoms with E-state index in [1.807, 2.05) is 12.1 Å². The second-order valence-electron chi connectivity index (χ2n) is 9.76. The van der Waals surface area contributed by atoms with Crippen LogP contribution in [0, 0.1) is 5.92 Å². The van der Waals surface area contributed by atoms with Crippen molar-refractivity contribution < 1.29 is 18.9 Å². The molecule has 0 bridgehead atoms. The van der Waals surface area contributed by atoms with Crippen molar-refractivity contribution in [2.24, 2.45) is 10.9 Å². The van der Waals surface area contributed by atoms with Crippen molar-refractivity contribution in [2.75, 3.05) is 60.3 Å². The molecule has 3 heterocycles. The summed E-state index contributed by atoms with van der Waals surface area (Å²) in [6.45, 7) is 7.01. The van der Waals surface area contributed by atoms with E-state index in [4.69, 9.17) is 23.9 Å². The fourth-order valence-electron chi connectivity index (χ4n) is 5.60. The number of rotatable bonds is 6. The Morgan fingerprint density at radius 1 is 0.889 bits per heavy atom. The highest BCUT2D eigenvalue weighted by atomic mass is 16.5. The molecule has 1 fully saturated rings. The summed E-state index contributed by atoms with van der Waals surface area (Å²) in [6, 6.07) is 19.3. The second-order valence-corrected chi connectivity index (χ2v) is 9.76. The number of methoxy groups -OCH3 is 2. The van der Waals surface area contributed by atoms with Crippen molar-refractivity contribution >= 4 is 16.5 Å². The molecule has 3 aliphatic heterocycles. The van der Waals surface area contributed by atoms with E-state index in [-0.39, 0.29) is 12.0 Å². The highest BCUT2D eigenvalue weighted by Crippen LogP contribution is 2.40. The van der Waals surface area contributed by atoms with E-state index in [0.29, 0.717) is 24.8 Å². The van der Waals surface area contributed by atoms with E-state index in [9.17, 15) is 0 Å². The third-order valence-corrected chi connectivity index (χ3v) is 7.63. The summed E-state index contributed by atoms with van der Waals surface area (Å²) in [5.41, 5.74) is 3.42. The van der Waals surface area contributed by atoms with Gasteiger partial charge in [0.05, 0.1) is 38.6 Å². The van der Waals surface area contributed by atoms with Crippen LogP contribution in [0.3, 0.4) is 0 Å². The van der Waals surface area contributed by atoms with Gasteiger partial charge in [-0.3, -0.25) is 14.8 Å². The van der Waals surface area contributed by atoms with Gasteiger partial charge in [0.15, 0.2) is 11.5 Å². The van der Waals surface area contributed by atoms with E-state index in [0.717, 1.165) is 56.3 Å². The third-order valence-electron chi connectivity index (χ3n) is 7.63. The van der Waals surface area contributed by atoms with Gasteiger partial charge in [-0.1, -0.05) is 36.4 Å². The van der Waals surface area contributed by atoms with Crippen LogP contribution in [0.25, 0.3) is 10.8 Å². The van der Waals surface area contributed by atoms with Gasteiger partial charge in [-0.05, 0) is 28.5 Å². The largest absolute Gasteiger partial charge is 0.493 e. The van der Waals surface area contributed by atoms with Crippen LogP contribution in [-0.2, 0) is 11.3 Å². The maximum Gasteiger partial charge on any atom is 0.164 e. The third kappa shape index (κ3) is 4.54. The molecule has 0 N–H and O–H groups in total. The van der Waals surface area contributed by atoms with Crippen LogP contribution < -0.4 is 14.2 Å². The van der Waals surface area contributed by atoms with Crippen LogP contribution in [0.5, 0.6) is 17.2 Å². The fourth-order valence-corrected chi connectivity index (χ4v) is 5.60. The predicted molar refractivity (Wildman–Crippen MR) is 140 cm³/mol. The van der Waals surface area contributed by atoms with Gasteiger partial charge in [0.25, 0.3) is 0 Å². The fraction of sp³-hybridized carbons (Fsp3) is 0.414. The summed E-state index contributed by atoms with van der Waals surface area (Å²) in [4.78, 5) is 9.81. The highest BCUT2D eigenvalue weighted by molar-refractivity contribution is 6.06. The molecule has 0 aromatic heterocycles. The maximum absolute atomic E-state index is 6.15. The molecular weight excluding hydrogens is 454 g/mol. The van der Waals surface area contributed by atoms with Gasteiger partial charge in [-0.25, -0.2) is 0 Å². The molecule has 6 rings (SSSR count). The van der Waals surface area contributed by atoms with Crippen molar-refractivity contribution in [1.82, 2.24) is 9.80 Å². The molecule has 3 aliphatic rings. The van der Waals surface area contributed by atoms with Gasteiger partial charge in [0.1, 0.15) is 12.5 Å². The zero-order chi connectivity index (χ0) is 24.5. The molecule has 2 atom stereocenters. The van der Waals surface area contributed by atoms with Crippen LogP contribution >= 0.6 is 0 Å². The number of ether oxygens (including phenoxy) is 4. The molecule has 0 aliphatic carbocycles. The summed E-state index contributed by atoms with van der Waals surface area (Å²) in [7, 11) is 3.29. The van der Waals surface area contributed by atoms with Crippen molar-refractivity contribution in [1.29, 1.82) is 0 Å². The molecule has 7 nitrogen and oxygen atoms in total. The molecule has 188 valence electrons. The molecule has 0 radical (unpaired) electrons. The first-order chi connectivity index (χ1) is 17.7. The number of benzene rings is 3. The number of hydrogen-bond acceptors (Lipinski definition) is 7. The average Bonchev–Trinajstić information content (AvgIpc) is 2.93. The lowest BCUT2D eigenvalue weighted by atomic mass is 9.88. The Hall–Kier alpha value is -3.13. The number of aliphatic imine (C=N–C) groups is 1. The Kier molecular flexibility index (Phi) is 6.52. The standard InChI is InChI=1S/C29H33N3O4/c1-33-26-14-23-25(15-27(26)34-2)35-18-24-28(36-19-30-29(23)24)17-32-11-9-31(10-12-32)16-20-7-8-21-5-3-4-6-22(21)13-20/h3-8,13-15,24,28H,9-12,16-19H2,1-2H3. The van der Waals surface area contributed by atoms with Crippen LogP contribution in [0.1, 0.15) is 11.1 Å². The van der Waals surface area contributed by atoms with Crippen LogP contribution in [0.15, 0.2) is 59.6 Å². The Labute approximate surface area is 212 Å². The van der Waals surface area contributed by atoms with Crippen molar-refractivity contribution in [3.05, 3.63) is 65.7 Å². The van der Waals surface area contributed by atoms with Crippen LogP contribution in [-0.4, -0.2) is 81.9 Å². The quantitative estimate of drug-likeness (QED) is 0.527. The van der Waals surface area contributed by atoms with Gasteiger partial charge < -0.3 is 18.9 Å². The average molecular weight is 488 g/mol. The molecule has 0 saturated carbocycles. The summed E-state index contributed by atoms with van der Waals surface area (Å²) in [5, 5.41) is 2.61.